The number of hydrogen-bond acceptors (Lipinski definition) is 1. The second kappa shape index (κ2) is 6.46. The van der Waals surface area contributed by atoms with Crippen molar-refractivity contribution in [1.29, 1.82) is 0 Å². The number of ketones is 1. The molecule has 1 aromatic carbocycles. The lowest BCUT2D eigenvalue weighted by Crippen LogP contribution is -2.09. The van der Waals surface area contributed by atoms with E-state index in [0.717, 1.165) is 6.42 Å². The highest BCUT2D eigenvalue weighted by atomic mass is 79.9. The van der Waals surface area contributed by atoms with Crippen LogP contribution in [-0.2, 0) is 0 Å². The normalized spacial score (nSPS) is 16.8. The number of rotatable bonds is 4. The highest BCUT2D eigenvalue weighted by Gasteiger charge is 2.16. The molecule has 0 radical (unpaired) electrons. The van der Waals surface area contributed by atoms with Crippen LogP contribution in [0.15, 0.2) is 22.7 Å². The van der Waals surface area contributed by atoms with Gasteiger partial charge in [0.05, 0.1) is 0 Å². The minimum absolute atomic E-state index is 0.118. The van der Waals surface area contributed by atoms with Crippen LogP contribution >= 0.6 is 15.9 Å². The number of benzene rings is 1. The van der Waals surface area contributed by atoms with Gasteiger partial charge >= 0.3 is 0 Å². The molecule has 1 aliphatic carbocycles. The lowest BCUT2D eigenvalue weighted by Gasteiger charge is -2.21. The van der Waals surface area contributed by atoms with Gasteiger partial charge in [-0.2, -0.15) is 0 Å². The van der Waals surface area contributed by atoms with Gasteiger partial charge in [-0.25, -0.2) is 4.39 Å². The van der Waals surface area contributed by atoms with E-state index in [-0.39, 0.29) is 11.6 Å². The molecule has 0 bridgehead atoms. The smallest absolute Gasteiger partial charge is 0.164 e. The van der Waals surface area contributed by atoms with Crippen molar-refractivity contribution >= 4 is 21.7 Å². The molecule has 0 amide bonds. The van der Waals surface area contributed by atoms with Crippen LogP contribution < -0.4 is 0 Å². The standard InChI is InChI=1S/C15H18BrFO/c16-14-10-12(17)7-8-13(14)15(18)9-6-11-4-2-1-3-5-11/h7-8,10-11H,1-6,9H2. The van der Waals surface area contributed by atoms with Crippen LogP contribution in [0.25, 0.3) is 0 Å². The molecule has 0 atom stereocenters. The Hall–Kier alpha value is -0.700. The highest BCUT2D eigenvalue weighted by molar-refractivity contribution is 9.10. The number of carbonyl (C=O) groups excluding carboxylic acids is 1. The quantitative estimate of drug-likeness (QED) is 0.704. The molecule has 0 N–H and O–H groups in total. The molecule has 1 aromatic rings. The van der Waals surface area contributed by atoms with E-state index in [1.165, 1.54) is 44.2 Å². The Labute approximate surface area is 116 Å². The summed E-state index contributed by atoms with van der Waals surface area (Å²) in [6, 6.07) is 4.27. The highest BCUT2D eigenvalue weighted by Crippen LogP contribution is 2.28. The van der Waals surface area contributed by atoms with Gasteiger partial charge in [-0.05, 0) is 46.5 Å². The molecule has 98 valence electrons. The van der Waals surface area contributed by atoms with Gasteiger partial charge in [-0.1, -0.05) is 32.1 Å². The fourth-order valence-electron chi connectivity index (χ4n) is 2.66. The Balaban J connectivity index is 1.90. The lowest BCUT2D eigenvalue weighted by molar-refractivity contribution is 0.0969. The van der Waals surface area contributed by atoms with Crippen molar-refractivity contribution in [1.82, 2.24) is 0 Å². The molecule has 2 rings (SSSR count). The summed E-state index contributed by atoms with van der Waals surface area (Å²) in [6.45, 7) is 0. The van der Waals surface area contributed by atoms with Gasteiger partial charge in [-0.3, -0.25) is 4.79 Å². The van der Waals surface area contributed by atoms with E-state index in [0.29, 0.717) is 22.4 Å². The van der Waals surface area contributed by atoms with Gasteiger partial charge in [0.15, 0.2) is 5.78 Å². The van der Waals surface area contributed by atoms with Crippen LogP contribution in [0.1, 0.15) is 55.3 Å². The molecular formula is C15H18BrFO. The topological polar surface area (TPSA) is 17.1 Å². The SMILES string of the molecule is O=C(CCC1CCCCC1)c1ccc(F)cc1Br. The Kier molecular flexibility index (Phi) is 4.93. The zero-order valence-corrected chi connectivity index (χ0v) is 12.0. The molecule has 18 heavy (non-hydrogen) atoms. The third kappa shape index (κ3) is 3.64. The fourth-order valence-corrected chi connectivity index (χ4v) is 3.23. The second-order valence-electron chi connectivity index (χ2n) is 5.09. The molecule has 0 saturated heterocycles. The summed E-state index contributed by atoms with van der Waals surface area (Å²) in [5, 5.41) is 0. The van der Waals surface area contributed by atoms with Crippen LogP contribution in [0.2, 0.25) is 0 Å². The molecule has 0 aliphatic heterocycles. The zero-order chi connectivity index (χ0) is 13.0. The third-order valence-electron chi connectivity index (χ3n) is 3.74. The maximum absolute atomic E-state index is 12.9. The second-order valence-corrected chi connectivity index (χ2v) is 5.94. The molecule has 1 saturated carbocycles. The van der Waals surface area contributed by atoms with Crippen molar-refractivity contribution in [2.75, 3.05) is 0 Å². The van der Waals surface area contributed by atoms with Crippen LogP contribution in [0.3, 0.4) is 0 Å². The average Bonchev–Trinajstić information content (AvgIpc) is 2.37. The lowest BCUT2D eigenvalue weighted by atomic mass is 9.85. The van der Waals surface area contributed by atoms with E-state index in [9.17, 15) is 9.18 Å². The maximum atomic E-state index is 12.9. The van der Waals surface area contributed by atoms with E-state index < -0.39 is 0 Å². The molecule has 0 spiro atoms. The summed E-state index contributed by atoms with van der Waals surface area (Å²) in [7, 11) is 0. The number of carbonyl (C=O) groups is 1. The third-order valence-corrected chi connectivity index (χ3v) is 4.39. The van der Waals surface area contributed by atoms with E-state index >= 15 is 0 Å². The minimum Gasteiger partial charge on any atom is -0.294 e. The van der Waals surface area contributed by atoms with Crippen molar-refractivity contribution < 1.29 is 9.18 Å². The minimum atomic E-state index is -0.314. The van der Waals surface area contributed by atoms with Gasteiger partial charge in [0.25, 0.3) is 0 Å². The summed E-state index contributed by atoms with van der Waals surface area (Å²) in [6.07, 6.45) is 8.03. The van der Waals surface area contributed by atoms with E-state index in [1.807, 2.05) is 0 Å². The molecule has 1 aliphatic rings. The molecule has 0 aromatic heterocycles. The molecule has 1 fully saturated rings. The van der Waals surface area contributed by atoms with Gasteiger partial charge in [0.2, 0.25) is 0 Å². The summed E-state index contributed by atoms with van der Waals surface area (Å²) in [4.78, 5) is 12.1. The fraction of sp³-hybridized carbons (Fsp3) is 0.533. The molecule has 1 nitrogen and oxygen atoms in total. The first-order valence-corrected chi connectivity index (χ1v) is 7.44. The molecule has 0 unspecified atom stereocenters. The Morgan fingerprint density at radius 1 is 1.28 bits per heavy atom. The van der Waals surface area contributed by atoms with Gasteiger partial charge in [0.1, 0.15) is 5.82 Å². The van der Waals surface area contributed by atoms with Gasteiger partial charge in [0, 0.05) is 16.5 Å². The number of hydrogen-bond donors (Lipinski definition) is 0. The van der Waals surface area contributed by atoms with Crippen molar-refractivity contribution in [3.8, 4) is 0 Å². The van der Waals surface area contributed by atoms with E-state index in [1.54, 1.807) is 6.07 Å². The van der Waals surface area contributed by atoms with Crippen LogP contribution in [0, 0.1) is 11.7 Å². The van der Waals surface area contributed by atoms with Crippen molar-refractivity contribution in [2.45, 2.75) is 44.9 Å². The molecular weight excluding hydrogens is 295 g/mol. The number of Topliss-reactive ketones (excluding diaryl/α,β-unsaturated/α-hetero) is 1. The van der Waals surface area contributed by atoms with Crippen LogP contribution in [0.4, 0.5) is 4.39 Å². The first-order valence-electron chi connectivity index (χ1n) is 6.65. The van der Waals surface area contributed by atoms with Crippen LogP contribution in [-0.4, -0.2) is 5.78 Å². The van der Waals surface area contributed by atoms with Crippen LogP contribution in [0.5, 0.6) is 0 Å². The van der Waals surface area contributed by atoms with Crippen molar-refractivity contribution in [2.24, 2.45) is 5.92 Å². The Morgan fingerprint density at radius 2 is 2.00 bits per heavy atom. The predicted molar refractivity (Wildman–Crippen MR) is 74.2 cm³/mol. The largest absolute Gasteiger partial charge is 0.294 e. The van der Waals surface area contributed by atoms with E-state index in [4.69, 9.17) is 0 Å². The first-order chi connectivity index (χ1) is 8.66. The average molecular weight is 313 g/mol. The Morgan fingerprint density at radius 3 is 2.67 bits per heavy atom. The van der Waals surface area contributed by atoms with Gasteiger partial charge < -0.3 is 0 Å². The summed E-state index contributed by atoms with van der Waals surface area (Å²) < 4.78 is 13.5. The van der Waals surface area contributed by atoms with Crippen molar-refractivity contribution in [3.05, 3.63) is 34.1 Å². The zero-order valence-electron chi connectivity index (χ0n) is 10.4. The first kappa shape index (κ1) is 13.7. The Bertz CT molecular complexity index is 425. The van der Waals surface area contributed by atoms with Gasteiger partial charge in [-0.15, -0.1) is 0 Å². The number of halogens is 2. The summed E-state index contributed by atoms with van der Waals surface area (Å²) >= 11 is 3.25. The van der Waals surface area contributed by atoms with Crippen molar-refractivity contribution in [3.63, 3.8) is 0 Å². The monoisotopic (exact) mass is 312 g/mol. The summed E-state index contributed by atoms with van der Waals surface area (Å²) in [5.74, 6) is 0.514. The summed E-state index contributed by atoms with van der Waals surface area (Å²) in [5.41, 5.74) is 0.604. The molecule has 3 heteroatoms. The van der Waals surface area contributed by atoms with E-state index in [2.05, 4.69) is 15.9 Å². The predicted octanol–water partition coefficient (Wildman–Crippen LogP) is 5.13. The maximum Gasteiger partial charge on any atom is 0.164 e. The molecule has 0 heterocycles.